The van der Waals surface area contributed by atoms with Crippen LogP contribution in [0, 0.1) is 0 Å². The van der Waals surface area contributed by atoms with Crippen LogP contribution >= 0.6 is 0 Å². The fraction of sp³-hybridized carbons (Fsp3) is 0.238. The number of Topliss-reactive ketones (excluding diaryl/α,β-unsaturated/α-hetero) is 1. The van der Waals surface area contributed by atoms with Crippen LogP contribution in [0.25, 0.3) is 6.08 Å². The molecule has 2 aromatic carbocycles. The molecule has 0 aliphatic heterocycles. The summed E-state index contributed by atoms with van der Waals surface area (Å²) in [5.74, 6) is 0.832. The Hall–Kier alpha value is -3.08. The molecule has 136 valence electrons. The third-order valence-corrected chi connectivity index (χ3v) is 3.54. The lowest BCUT2D eigenvalue weighted by Gasteiger charge is -2.13. The summed E-state index contributed by atoms with van der Waals surface area (Å²) in [6.07, 6.45) is 3.12. The summed E-state index contributed by atoms with van der Waals surface area (Å²) in [5.41, 5.74) is 1.77. The molecule has 0 aliphatic carbocycles. The fourth-order valence-corrected chi connectivity index (χ4v) is 2.38. The minimum absolute atomic E-state index is 0.0393. The lowest BCUT2D eigenvalue weighted by molar-refractivity contribution is -0.111. The first-order valence-corrected chi connectivity index (χ1v) is 8.34. The summed E-state index contributed by atoms with van der Waals surface area (Å²) in [6.45, 7) is 5.35. The first kappa shape index (κ1) is 19.2. The molecular weight excluding hydrogens is 330 g/mol. The molecule has 0 saturated heterocycles. The van der Waals surface area contributed by atoms with Gasteiger partial charge >= 0.3 is 0 Å². The molecule has 0 atom stereocenters. The number of ketones is 1. The van der Waals surface area contributed by atoms with Crippen molar-refractivity contribution in [1.29, 1.82) is 0 Å². The average molecular weight is 353 g/mol. The Bertz CT molecular complexity index is 825. The lowest BCUT2D eigenvalue weighted by atomic mass is 10.1. The molecule has 5 nitrogen and oxygen atoms in total. The predicted molar refractivity (Wildman–Crippen MR) is 103 cm³/mol. The van der Waals surface area contributed by atoms with Gasteiger partial charge in [-0.25, -0.2) is 0 Å². The molecule has 0 aromatic heterocycles. The number of amides is 1. The monoisotopic (exact) mass is 353 g/mol. The van der Waals surface area contributed by atoms with Crippen molar-refractivity contribution in [2.24, 2.45) is 0 Å². The second-order valence-corrected chi connectivity index (χ2v) is 6.00. The van der Waals surface area contributed by atoms with Crippen molar-refractivity contribution in [3.8, 4) is 11.5 Å². The van der Waals surface area contributed by atoms with Crippen LogP contribution < -0.4 is 14.8 Å². The van der Waals surface area contributed by atoms with Gasteiger partial charge in [-0.05, 0) is 56.7 Å². The number of methoxy groups -OCH3 is 1. The number of benzene rings is 2. The Morgan fingerprint density at radius 2 is 1.81 bits per heavy atom. The number of ether oxygens (including phenoxy) is 2. The molecule has 2 aromatic rings. The Morgan fingerprint density at radius 3 is 2.46 bits per heavy atom. The fourth-order valence-electron chi connectivity index (χ4n) is 2.38. The number of hydrogen-bond donors (Lipinski definition) is 1. The van der Waals surface area contributed by atoms with Gasteiger partial charge in [-0.2, -0.15) is 0 Å². The standard InChI is InChI=1S/C21H23NO4/c1-14(2)26-19-11-9-16(13-20(19)25-4)10-12-21(24)22-18-8-6-5-7-17(18)15(3)23/h5-14H,1-4H3,(H,22,24). The number of anilines is 1. The number of hydrogen-bond acceptors (Lipinski definition) is 4. The Morgan fingerprint density at radius 1 is 1.08 bits per heavy atom. The third-order valence-electron chi connectivity index (χ3n) is 3.54. The zero-order valence-corrected chi connectivity index (χ0v) is 15.4. The second kappa shape index (κ2) is 8.85. The molecule has 26 heavy (non-hydrogen) atoms. The van der Waals surface area contributed by atoms with Gasteiger partial charge in [0.15, 0.2) is 17.3 Å². The summed E-state index contributed by atoms with van der Waals surface area (Å²) in [7, 11) is 1.57. The Kier molecular flexibility index (Phi) is 6.55. The van der Waals surface area contributed by atoms with E-state index in [1.165, 1.54) is 13.0 Å². The first-order valence-electron chi connectivity index (χ1n) is 8.34. The number of carbonyl (C=O) groups excluding carboxylic acids is 2. The Labute approximate surface area is 153 Å². The molecule has 0 heterocycles. The highest BCUT2D eigenvalue weighted by molar-refractivity contribution is 6.07. The highest BCUT2D eigenvalue weighted by Gasteiger charge is 2.09. The van der Waals surface area contributed by atoms with Gasteiger partial charge in [0.25, 0.3) is 0 Å². The molecule has 0 bridgehead atoms. The van der Waals surface area contributed by atoms with E-state index in [0.29, 0.717) is 22.7 Å². The SMILES string of the molecule is COc1cc(C=CC(=O)Nc2ccccc2C(C)=O)ccc1OC(C)C. The van der Waals surface area contributed by atoms with E-state index in [9.17, 15) is 9.59 Å². The molecule has 0 saturated carbocycles. The van der Waals surface area contributed by atoms with E-state index < -0.39 is 0 Å². The molecule has 1 amide bonds. The molecule has 2 rings (SSSR count). The highest BCUT2D eigenvalue weighted by atomic mass is 16.5. The predicted octanol–water partition coefficient (Wildman–Crippen LogP) is 4.34. The lowest BCUT2D eigenvalue weighted by Crippen LogP contribution is -2.11. The third kappa shape index (κ3) is 5.21. The molecule has 0 spiro atoms. The smallest absolute Gasteiger partial charge is 0.248 e. The van der Waals surface area contributed by atoms with Crippen LogP contribution in [0.15, 0.2) is 48.5 Å². The normalized spacial score (nSPS) is 10.8. The maximum absolute atomic E-state index is 12.2. The molecule has 0 fully saturated rings. The number of nitrogens with one attached hydrogen (secondary N) is 1. The summed E-state index contributed by atoms with van der Waals surface area (Å²) < 4.78 is 11.0. The van der Waals surface area contributed by atoms with Crippen molar-refractivity contribution < 1.29 is 19.1 Å². The summed E-state index contributed by atoms with van der Waals surface area (Å²) in [5, 5.41) is 2.73. The van der Waals surface area contributed by atoms with Crippen molar-refractivity contribution in [3.63, 3.8) is 0 Å². The highest BCUT2D eigenvalue weighted by Crippen LogP contribution is 2.29. The maximum Gasteiger partial charge on any atom is 0.248 e. The molecule has 1 N–H and O–H groups in total. The molecule has 0 aliphatic rings. The van der Waals surface area contributed by atoms with Gasteiger partial charge < -0.3 is 14.8 Å². The average Bonchev–Trinajstić information content (AvgIpc) is 2.60. The minimum Gasteiger partial charge on any atom is -0.493 e. The minimum atomic E-state index is -0.319. The van der Waals surface area contributed by atoms with E-state index >= 15 is 0 Å². The van der Waals surface area contributed by atoms with Crippen molar-refractivity contribution in [1.82, 2.24) is 0 Å². The van der Waals surface area contributed by atoms with Crippen molar-refractivity contribution in [2.75, 3.05) is 12.4 Å². The summed E-state index contributed by atoms with van der Waals surface area (Å²) in [4.78, 5) is 23.8. The van der Waals surface area contributed by atoms with Crippen LogP contribution in [-0.4, -0.2) is 24.9 Å². The second-order valence-electron chi connectivity index (χ2n) is 6.00. The van der Waals surface area contributed by atoms with Crippen molar-refractivity contribution in [2.45, 2.75) is 26.9 Å². The van der Waals surface area contributed by atoms with Gasteiger partial charge in [-0.15, -0.1) is 0 Å². The quantitative estimate of drug-likeness (QED) is 0.594. The van der Waals surface area contributed by atoms with Crippen molar-refractivity contribution in [3.05, 3.63) is 59.7 Å². The van der Waals surface area contributed by atoms with Crippen molar-refractivity contribution >= 4 is 23.5 Å². The first-order chi connectivity index (χ1) is 12.4. The van der Waals surface area contributed by atoms with E-state index in [1.54, 1.807) is 43.5 Å². The van der Waals surface area contributed by atoms with E-state index in [0.717, 1.165) is 5.56 Å². The molecule has 5 heteroatoms. The van der Waals surface area contributed by atoms with Gasteiger partial charge in [0.1, 0.15) is 0 Å². The van der Waals surface area contributed by atoms with Crippen LogP contribution in [0.1, 0.15) is 36.7 Å². The number of carbonyl (C=O) groups is 2. The molecule has 0 radical (unpaired) electrons. The van der Waals surface area contributed by atoms with Crippen LogP contribution in [0.3, 0.4) is 0 Å². The van der Waals surface area contributed by atoms with Gasteiger partial charge in [0.05, 0.1) is 18.9 Å². The van der Waals surface area contributed by atoms with Crippen LogP contribution in [-0.2, 0) is 4.79 Å². The topological polar surface area (TPSA) is 64.6 Å². The van der Waals surface area contributed by atoms with E-state index in [-0.39, 0.29) is 17.8 Å². The number of para-hydroxylation sites is 1. The van der Waals surface area contributed by atoms with Gasteiger partial charge in [-0.3, -0.25) is 9.59 Å². The zero-order valence-electron chi connectivity index (χ0n) is 15.4. The largest absolute Gasteiger partial charge is 0.493 e. The maximum atomic E-state index is 12.2. The van der Waals surface area contributed by atoms with Crippen LogP contribution in [0.5, 0.6) is 11.5 Å². The Balaban J connectivity index is 2.12. The zero-order chi connectivity index (χ0) is 19.1. The van der Waals surface area contributed by atoms with Crippen LogP contribution in [0.2, 0.25) is 0 Å². The summed E-state index contributed by atoms with van der Waals surface area (Å²) >= 11 is 0. The number of rotatable bonds is 7. The molecular formula is C21H23NO4. The van der Waals surface area contributed by atoms with Gasteiger partial charge in [-0.1, -0.05) is 18.2 Å². The van der Waals surface area contributed by atoms with E-state index in [2.05, 4.69) is 5.32 Å². The summed E-state index contributed by atoms with van der Waals surface area (Å²) in [6, 6.07) is 12.4. The van der Waals surface area contributed by atoms with Gasteiger partial charge in [0, 0.05) is 11.6 Å². The van der Waals surface area contributed by atoms with E-state index in [1.807, 2.05) is 26.0 Å². The van der Waals surface area contributed by atoms with Crippen LogP contribution in [0.4, 0.5) is 5.69 Å². The molecule has 0 unspecified atom stereocenters. The van der Waals surface area contributed by atoms with Gasteiger partial charge in [0.2, 0.25) is 5.91 Å². The van der Waals surface area contributed by atoms with E-state index in [4.69, 9.17) is 9.47 Å².